The summed E-state index contributed by atoms with van der Waals surface area (Å²) in [4.78, 5) is 28.6. The number of nitrogens with zero attached hydrogens (tertiary/aromatic N) is 3. The number of imidazole rings is 1. The lowest BCUT2D eigenvalue weighted by Gasteiger charge is -2.40. The van der Waals surface area contributed by atoms with Crippen LogP contribution in [0.4, 0.5) is 18.9 Å². The molecule has 1 aliphatic rings. The minimum Gasteiger partial charge on any atom is -0.369 e. The number of aromatic amines is 2. The lowest BCUT2D eigenvalue weighted by Crippen LogP contribution is -2.51. The highest BCUT2D eigenvalue weighted by molar-refractivity contribution is 6.10. The minimum absolute atomic E-state index is 0.135. The van der Waals surface area contributed by atoms with Crippen molar-refractivity contribution in [1.82, 2.24) is 19.9 Å². The predicted octanol–water partition coefficient (Wildman–Crippen LogP) is 5.89. The zero-order valence-corrected chi connectivity index (χ0v) is 20.5. The molecule has 5 rings (SSSR count). The number of ketones is 1. The summed E-state index contributed by atoms with van der Waals surface area (Å²) in [6.45, 7) is 6.67. The molecule has 3 heterocycles. The van der Waals surface area contributed by atoms with Gasteiger partial charge in [-0.05, 0) is 50.2 Å². The molecule has 2 aromatic heterocycles. The highest BCUT2D eigenvalue weighted by Crippen LogP contribution is 2.33. The van der Waals surface area contributed by atoms with Crippen LogP contribution in [-0.4, -0.2) is 58.4 Å². The molecular formula is C28H28F3N5O. The van der Waals surface area contributed by atoms with Crippen LogP contribution in [0.1, 0.15) is 34.3 Å². The Morgan fingerprint density at radius 3 is 2.78 bits per heavy atom. The molecule has 0 radical (unpaired) electrons. The Morgan fingerprint density at radius 1 is 1.19 bits per heavy atom. The number of hydrogen-bond donors (Lipinski definition) is 2. The topological polar surface area (TPSA) is 68.0 Å². The molecule has 9 heteroatoms. The standard InChI is InChI=1S/C28H28F3N5O/c1-3-4-7-20-17-36(13-12-35(20)2)19-10-11-23-24(15-19)34-27(33-23)25-14-18(16-32-25)26(37)21-8-5-6-9-22(21)28(29,30)31/h3,5-6,8-11,14-16,20,32H,1,4,7,12-13,17H2,2H3,(H,33,34)/t20-/m1/s1. The fourth-order valence-corrected chi connectivity index (χ4v) is 4.87. The SMILES string of the molecule is C=CCC[C@@H]1CN(c2ccc3nc(-c4cc(C(=O)c5ccccc5C(F)(F)F)c[nH]4)[nH]c3c2)CCN1C. The molecule has 6 nitrogen and oxygen atoms in total. The van der Waals surface area contributed by atoms with Crippen molar-refractivity contribution in [2.24, 2.45) is 0 Å². The molecule has 0 bridgehead atoms. The zero-order chi connectivity index (χ0) is 26.2. The number of piperazine rings is 1. The number of alkyl halides is 3. The van der Waals surface area contributed by atoms with Crippen LogP contribution in [0.3, 0.4) is 0 Å². The van der Waals surface area contributed by atoms with Crippen LogP contribution in [0, 0.1) is 0 Å². The Bertz CT molecular complexity index is 1440. The van der Waals surface area contributed by atoms with E-state index in [1.54, 1.807) is 0 Å². The largest absolute Gasteiger partial charge is 0.417 e. The van der Waals surface area contributed by atoms with Gasteiger partial charge in [0.1, 0.15) is 0 Å². The van der Waals surface area contributed by atoms with Gasteiger partial charge in [0.2, 0.25) is 0 Å². The van der Waals surface area contributed by atoms with Gasteiger partial charge in [-0.25, -0.2) is 4.98 Å². The summed E-state index contributed by atoms with van der Waals surface area (Å²) < 4.78 is 40.2. The van der Waals surface area contributed by atoms with Crippen molar-refractivity contribution in [3.8, 4) is 11.5 Å². The van der Waals surface area contributed by atoms with Crippen LogP contribution < -0.4 is 4.90 Å². The van der Waals surface area contributed by atoms with Gasteiger partial charge in [-0.15, -0.1) is 6.58 Å². The monoisotopic (exact) mass is 507 g/mol. The van der Waals surface area contributed by atoms with Gasteiger partial charge in [0.25, 0.3) is 0 Å². The number of likely N-dealkylation sites (N-methyl/N-ethyl adjacent to an activating group) is 1. The number of carbonyl (C=O) groups excluding carboxylic acids is 1. The zero-order valence-electron chi connectivity index (χ0n) is 20.5. The van der Waals surface area contributed by atoms with Crippen LogP contribution >= 0.6 is 0 Å². The van der Waals surface area contributed by atoms with Crippen molar-refractivity contribution in [3.05, 3.63) is 84.1 Å². The normalized spacial score (nSPS) is 16.9. The molecule has 1 aliphatic heterocycles. The molecular weight excluding hydrogens is 479 g/mol. The summed E-state index contributed by atoms with van der Waals surface area (Å²) in [7, 11) is 2.16. The first kappa shape index (κ1) is 24.8. The van der Waals surface area contributed by atoms with E-state index in [0.29, 0.717) is 17.6 Å². The van der Waals surface area contributed by atoms with Crippen molar-refractivity contribution in [3.63, 3.8) is 0 Å². The molecule has 0 amide bonds. The maximum atomic E-state index is 13.4. The highest BCUT2D eigenvalue weighted by atomic mass is 19.4. The van der Waals surface area contributed by atoms with Crippen LogP contribution in [0.2, 0.25) is 0 Å². The quantitative estimate of drug-likeness (QED) is 0.242. The summed E-state index contributed by atoms with van der Waals surface area (Å²) in [5.41, 5.74) is 2.04. The Morgan fingerprint density at radius 2 is 2.00 bits per heavy atom. The first-order valence-electron chi connectivity index (χ1n) is 12.2. The number of benzene rings is 2. The summed E-state index contributed by atoms with van der Waals surface area (Å²) in [5.74, 6) is -0.188. The van der Waals surface area contributed by atoms with E-state index in [9.17, 15) is 18.0 Å². The number of hydrogen-bond acceptors (Lipinski definition) is 4. The van der Waals surface area contributed by atoms with E-state index in [-0.39, 0.29) is 11.1 Å². The van der Waals surface area contributed by atoms with Crippen LogP contribution in [0.15, 0.2) is 67.4 Å². The highest BCUT2D eigenvalue weighted by Gasteiger charge is 2.35. The van der Waals surface area contributed by atoms with Crippen LogP contribution in [-0.2, 0) is 6.18 Å². The van der Waals surface area contributed by atoms with E-state index in [0.717, 1.165) is 55.3 Å². The summed E-state index contributed by atoms with van der Waals surface area (Å²) >= 11 is 0. The Hall–Kier alpha value is -3.85. The van der Waals surface area contributed by atoms with E-state index in [2.05, 4.69) is 50.5 Å². The number of rotatable bonds is 7. The molecule has 0 saturated carbocycles. The van der Waals surface area contributed by atoms with Crippen molar-refractivity contribution >= 4 is 22.5 Å². The number of anilines is 1. The molecule has 0 unspecified atom stereocenters. The average Bonchev–Trinajstić information content (AvgIpc) is 3.54. The van der Waals surface area contributed by atoms with Crippen LogP contribution in [0.5, 0.6) is 0 Å². The average molecular weight is 508 g/mol. The maximum Gasteiger partial charge on any atom is 0.417 e. The minimum atomic E-state index is -4.61. The molecule has 0 aliphatic carbocycles. The third-order valence-electron chi connectivity index (χ3n) is 6.99. The number of allylic oxidation sites excluding steroid dienone is 1. The van der Waals surface area contributed by atoms with Crippen molar-refractivity contribution in [1.29, 1.82) is 0 Å². The van der Waals surface area contributed by atoms with E-state index in [1.165, 1.54) is 30.5 Å². The Labute approximate surface area is 212 Å². The molecule has 0 spiro atoms. The lowest BCUT2D eigenvalue weighted by atomic mass is 9.99. The van der Waals surface area contributed by atoms with E-state index >= 15 is 0 Å². The first-order valence-corrected chi connectivity index (χ1v) is 12.2. The van der Waals surface area contributed by atoms with Gasteiger partial charge in [-0.1, -0.05) is 24.3 Å². The number of halogens is 3. The molecule has 1 atom stereocenters. The molecule has 2 N–H and O–H groups in total. The number of carbonyl (C=O) groups is 1. The van der Waals surface area contributed by atoms with Crippen LogP contribution in [0.25, 0.3) is 22.6 Å². The summed E-state index contributed by atoms with van der Waals surface area (Å²) in [6.07, 6.45) is 0.802. The Kier molecular flexibility index (Phi) is 6.64. The second-order valence-corrected chi connectivity index (χ2v) is 9.41. The Balaban J connectivity index is 1.38. The first-order chi connectivity index (χ1) is 17.7. The van der Waals surface area contributed by atoms with Crippen molar-refractivity contribution in [2.45, 2.75) is 25.1 Å². The van der Waals surface area contributed by atoms with Gasteiger partial charge in [-0.3, -0.25) is 9.69 Å². The lowest BCUT2D eigenvalue weighted by molar-refractivity contribution is -0.137. The second-order valence-electron chi connectivity index (χ2n) is 9.41. The van der Waals surface area contributed by atoms with Gasteiger partial charge >= 0.3 is 6.18 Å². The summed E-state index contributed by atoms with van der Waals surface area (Å²) in [6, 6.07) is 12.9. The summed E-state index contributed by atoms with van der Waals surface area (Å²) in [5, 5.41) is 0. The third kappa shape index (κ3) is 5.04. The number of nitrogens with one attached hydrogen (secondary N) is 2. The second kappa shape index (κ2) is 9.89. The van der Waals surface area contributed by atoms with Gasteiger partial charge in [0, 0.05) is 48.7 Å². The number of H-pyrrole nitrogens is 2. The molecule has 1 saturated heterocycles. The third-order valence-corrected chi connectivity index (χ3v) is 6.99. The molecule has 2 aromatic carbocycles. The van der Waals surface area contributed by atoms with Crippen molar-refractivity contribution < 1.29 is 18.0 Å². The fraction of sp³-hybridized carbons (Fsp3) is 0.286. The van der Waals surface area contributed by atoms with E-state index < -0.39 is 17.5 Å². The van der Waals surface area contributed by atoms with E-state index in [4.69, 9.17) is 0 Å². The fourth-order valence-electron chi connectivity index (χ4n) is 4.87. The number of aromatic nitrogens is 3. The van der Waals surface area contributed by atoms with Gasteiger partial charge in [0.05, 0.1) is 22.3 Å². The number of fused-ring (bicyclic) bond motifs is 1. The molecule has 37 heavy (non-hydrogen) atoms. The molecule has 192 valence electrons. The smallest absolute Gasteiger partial charge is 0.369 e. The predicted molar refractivity (Wildman–Crippen MR) is 139 cm³/mol. The molecule has 4 aromatic rings. The van der Waals surface area contributed by atoms with Gasteiger partial charge in [0.15, 0.2) is 11.6 Å². The molecule has 1 fully saturated rings. The van der Waals surface area contributed by atoms with Crippen molar-refractivity contribution in [2.75, 3.05) is 31.6 Å². The van der Waals surface area contributed by atoms with Gasteiger partial charge < -0.3 is 14.9 Å². The maximum absolute atomic E-state index is 13.4. The van der Waals surface area contributed by atoms with E-state index in [1.807, 2.05) is 12.1 Å². The van der Waals surface area contributed by atoms with Gasteiger partial charge in [-0.2, -0.15) is 13.2 Å².